The third-order valence-corrected chi connectivity index (χ3v) is 5.51. The van der Waals surface area contributed by atoms with Gasteiger partial charge in [0.15, 0.2) is 0 Å². The van der Waals surface area contributed by atoms with E-state index in [-0.39, 0.29) is 23.8 Å². The Bertz CT molecular complexity index is 652. The van der Waals surface area contributed by atoms with Gasteiger partial charge in [0.25, 0.3) is 0 Å². The van der Waals surface area contributed by atoms with Gasteiger partial charge in [-0.2, -0.15) is 0 Å². The molecule has 2 amide bonds. The first-order valence-corrected chi connectivity index (χ1v) is 8.54. The summed E-state index contributed by atoms with van der Waals surface area (Å²) in [6.45, 7) is 2.16. The fourth-order valence-electron chi connectivity index (χ4n) is 4.19. The van der Waals surface area contributed by atoms with Crippen LogP contribution in [0.2, 0.25) is 0 Å². The molecule has 0 bridgehead atoms. The Labute approximate surface area is 135 Å². The van der Waals surface area contributed by atoms with Crippen molar-refractivity contribution in [1.82, 2.24) is 9.80 Å². The predicted octanol–water partition coefficient (Wildman–Crippen LogP) is 1.65. The van der Waals surface area contributed by atoms with Crippen molar-refractivity contribution in [1.29, 1.82) is 0 Å². The van der Waals surface area contributed by atoms with Gasteiger partial charge in [-0.3, -0.25) is 9.59 Å². The highest BCUT2D eigenvalue weighted by atomic mass is 16.3. The second-order valence-electron chi connectivity index (χ2n) is 6.88. The molecule has 0 aromatic heterocycles. The first kappa shape index (κ1) is 14.5. The molecule has 1 aliphatic carbocycles. The maximum atomic E-state index is 12.8. The smallest absolute Gasteiger partial charge is 0.230 e. The molecule has 1 aromatic rings. The van der Waals surface area contributed by atoms with Crippen molar-refractivity contribution in [2.75, 3.05) is 19.6 Å². The summed E-state index contributed by atoms with van der Waals surface area (Å²) < 4.78 is 0. The Morgan fingerprint density at radius 3 is 2.74 bits per heavy atom. The van der Waals surface area contributed by atoms with Gasteiger partial charge in [0.2, 0.25) is 11.8 Å². The average Bonchev–Trinajstić information content (AvgIpc) is 2.92. The summed E-state index contributed by atoms with van der Waals surface area (Å²) in [6.07, 6.45) is 4.22. The van der Waals surface area contributed by atoms with Crippen molar-refractivity contribution >= 4 is 11.8 Å². The van der Waals surface area contributed by atoms with Crippen molar-refractivity contribution in [3.05, 3.63) is 29.3 Å². The van der Waals surface area contributed by atoms with Crippen LogP contribution in [0.15, 0.2) is 18.2 Å². The molecule has 3 aliphatic rings. The highest BCUT2D eigenvalue weighted by Crippen LogP contribution is 2.38. The van der Waals surface area contributed by atoms with Gasteiger partial charge in [-0.25, -0.2) is 0 Å². The Hall–Kier alpha value is -2.04. The zero-order valence-electron chi connectivity index (χ0n) is 13.2. The number of phenols is 1. The Morgan fingerprint density at radius 1 is 1.17 bits per heavy atom. The number of aromatic hydroxyl groups is 1. The minimum absolute atomic E-state index is 0.138. The van der Waals surface area contributed by atoms with Crippen LogP contribution in [0.4, 0.5) is 0 Å². The van der Waals surface area contributed by atoms with Crippen molar-refractivity contribution < 1.29 is 14.7 Å². The van der Waals surface area contributed by atoms with Crippen LogP contribution in [-0.4, -0.2) is 52.4 Å². The number of phenolic OH excluding ortho intramolecular Hbond substituents is 1. The molecule has 0 radical (unpaired) electrons. The van der Waals surface area contributed by atoms with Gasteiger partial charge in [0.05, 0.1) is 12.0 Å². The number of nitrogens with zero attached hydrogens (tertiary/aromatic N) is 2. The van der Waals surface area contributed by atoms with Gasteiger partial charge in [0.1, 0.15) is 5.75 Å². The molecule has 23 heavy (non-hydrogen) atoms. The number of carbonyl (C=O) groups excluding carboxylic acids is 2. The van der Waals surface area contributed by atoms with E-state index in [1.165, 1.54) is 0 Å². The van der Waals surface area contributed by atoms with Gasteiger partial charge in [-0.1, -0.05) is 12.1 Å². The molecule has 2 heterocycles. The van der Waals surface area contributed by atoms with Crippen LogP contribution in [0.1, 0.15) is 42.7 Å². The number of benzene rings is 1. The fourth-order valence-corrected chi connectivity index (χ4v) is 4.19. The molecule has 5 nitrogen and oxygen atoms in total. The van der Waals surface area contributed by atoms with E-state index in [4.69, 9.17) is 0 Å². The zero-order valence-corrected chi connectivity index (χ0v) is 13.2. The average molecular weight is 314 g/mol. The van der Waals surface area contributed by atoms with E-state index in [2.05, 4.69) is 0 Å². The molecule has 0 saturated carbocycles. The summed E-state index contributed by atoms with van der Waals surface area (Å²) in [5.74, 6) is 0.555. The molecule has 0 spiro atoms. The summed E-state index contributed by atoms with van der Waals surface area (Å²) in [5, 5.41) is 10.0. The first-order chi connectivity index (χ1) is 11.1. The molecule has 2 fully saturated rings. The third-order valence-electron chi connectivity index (χ3n) is 5.51. The van der Waals surface area contributed by atoms with Gasteiger partial charge in [-0.15, -0.1) is 0 Å². The molecule has 1 N–H and O–H groups in total. The van der Waals surface area contributed by atoms with Crippen LogP contribution in [0, 0.1) is 0 Å². The van der Waals surface area contributed by atoms with E-state index in [9.17, 15) is 14.7 Å². The van der Waals surface area contributed by atoms with Crippen molar-refractivity contribution in [3.63, 3.8) is 0 Å². The third kappa shape index (κ3) is 2.38. The largest absolute Gasteiger partial charge is 0.508 e. The molecule has 1 unspecified atom stereocenters. The maximum Gasteiger partial charge on any atom is 0.230 e. The Balaban J connectivity index is 1.46. The van der Waals surface area contributed by atoms with E-state index < -0.39 is 0 Å². The van der Waals surface area contributed by atoms with Gasteiger partial charge < -0.3 is 14.9 Å². The van der Waals surface area contributed by atoms with E-state index >= 15 is 0 Å². The molecule has 122 valence electrons. The molecule has 2 saturated heterocycles. The summed E-state index contributed by atoms with van der Waals surface area (Å²) in [4.78, 5) is 28.4. The molecular formula is C18H22N2O3. The number of rotatable bonds is 2. The highest BCUT2D eigenvalue weighted by molar-refractivity contribution is 5.86. The van der Waals surface area contributed by atoms with Gasteiger partial charge in [-0.05, 0) is 42.9 Å². The minimum atomic E-state index is -0.138. The van der Waals surface area contributed by atoms with E-state index in [1.807, 2.05) is 21.9 Å². The number of hydrogen-bond donors (Lipinski definition) is 1. The van der Waals surface area contributed by atoms with Crippen molar-refractivity contribution in [2.45, 2.75) is 44.1 Å². The molecule has 5 heteroatoms. The lowest BCUT2D eigenvalue weighted by atomic mass is 9.81. The number of hydrogen-bond acceptors (Lipinski definition) is 3. The topological polar surface area (TPSA) is 60.9 Å². The fraction of sp³-hybridized carbons (Fsp3) is 0.556. The van der Waals surface area contributed by atoms with Crippen LogP contribution in [0.3, 0.4) is 0 Å². The first-order valence-electron chi connectivity index (χ1n) is 8.54. The standard InChI is InChI=1S/C18H22N2O3/c21-16-7-2-4-13-14(16)5-1-6-15(13)18(23)19-10-12(11-19)20-9-3-8-17(20)22/h2,4,7,12,15,21H,1,3,5-6,8-11H2. The van der Waals surface area contributed by atoms with Gasteiger partial charge in [0, 0.05) is 26.1 Å². The van der Waals surface area contributed by atoms with E-state index in [1.54, 1.807) is 6.07 Å². The van der Waals surface area contributed by atoms with Crippen molar-refractivity contribution in [2.24, 2.45) is 0 Å². The van der Waals surface area contributed by atoms with E-state index in [0.717, 1.165) is 43.4 Å². The molecular weight excluding hydrogens is 292 g/mol. The summed E-state index contributed by atoms with van der Waals surface area (Å²) in [5.41, 5.74) is 1.92. The summed E-state index contributed by atoms with van der Waals surface area (Å²) >= 11 is 0. The number of likely N-dealkylation sites (tertiary alicyclic amines) is 2. The maximum absolute atomic E-state index is 12.8. The molecule has 4 rings (SSSR count). The lowest BCUT2D eigenvalue weighted by Crippen LogP contribution is -2.62. The summed E-state index contributed by atoms with van der Waals surface area (Å²) in [7, 11) is 0. The lowest BCUT2D eigenvalue weighted by molar-refractivity contribution is -0.145. The lowest BCUT2D eigenvalue weighted by Gasteiger charge is -2.45. The van der Waals surface area contributed by atoms with Crippen LogP contribution >= 0.6 is 0 Å². The second kappa shape index (κ2) is 5.55. The quantitative estimate of drug-likeness (QED) is 0.903. The van der Waals surface area contributed by atoms with Crippen molar-refractivity contribution in [3.8, 4) is 5.75 Å². The molecule has 2 aliphatic heterocycles. The van der Waals surface area contributed by atoms with E-state index in [0.29, 0.717) is 25.3 Å². The SMILES string of the molecule is O=C(C1CCCc2c(O)cccc21)N1CC(N2CCCC2=O)C1. The monoisotopic (exact) mass is 314 g/mol. The minimum Gasteiger partial charge on any atom is -0.508 e. The van der Waals surface area contributed by atoms with Crippen LogP contribution in [0.25, 0.3) is 0 Å². The van der Waals surface area contributed by atoms with Crippen LogP contribution in [0.5, 0.6) is 5.75 Å². The van der Waals surface area contributed by atoms with Gasteiger partial charge >= 0.3 is 0 Å². The molecule has 1 atom stereocenters. The normalized spacial score (nSPS) is 24.5. The second-order valence-corrected chi connectivity index (χ2v) is 6.88. The van der Waals surface area contributed by atoms with Crippen LogP contribution < -0.4 is 0 Å². The predicted molar refractivity (Wildman–Crippen MR) is 85.1 cm³/mol. The number of amides is 2. The Kier molecular flexibility index (Phi) is 3.51. The Morgan fingerprint density at radius 2 is 2.00 bits per heavy atom. The number of carbonyl (C=O) groups is 2. The highest BCUT2D eigenvalue weighted by Gasteiger charge is 2.41. The molecule has 1 aromatic carbocycles. The number of fused-ring (bicyclic) bond motifs is 1. The van der Waals surface area contributed by atoms with Crippen LogP contribution in [-0.2, 0) is 16.0 Å². The zero-order chi connectivity index (χ0) is 16.0. The summed E-state index contributed by atoms with van der Waals surface area (Å²) in [6, 6.07) is 5.70.